The van der Waals surface area contributed by atoms with Gasteiger partial charge in [-0.25, -0.2) is 17.8 Å². The number of nitrogens with one attached hydrogen (secondary N) is 1. The predicted octanol–water partition coefficient (Wildman–Crippen LogP) is 2.13. The van der Waals surface area contributed by atoms with Crippen LogP contribution >= 0.6 is 0 Å². The van der Waals surface area contributed by atoms with Crippen LogP contribution in [-0.4, -0.2) is 53.8 Å². The summed E-state index contributed by atoms with van der Waals surface area (Å²) in [6.45, 7) is 3.45. The first kappa shape index (κ1) is 19.7. The zero-order valence-electron chi connectivity index (χ0n) is 15.9. The highest BCUT2D eigenvalue weighted by Gasteiger charge is 2.31. The van der Waals surface area contributed by atoms with Gasteiger partial charge in [-0.2, -0.15) is 4.31 Å². The van der Waals surface area contributed by atoms with Crippen LogP contribution in [0.1, 0.15) is 18.8 Å². The van der Waals surface area contributed by atoms with Gasteiger partial charge in [0.2, 0.25) is 10.0 Å². The minimum absolute atomic E-state index is 0.0421. The maximum absolute atomic E-state index is 13.4. The van der Waals surface area contributed by atoms with Crippen LogP contribution < -0.4 is 5.56 Å². The van der Waals surface area contributed by atoms with E-state index in [4.69, 9.17) is 0 Å². The highest BCUT2D eigenvalue weighted by molar-refractivity contribution is 7.89. The lowest BCUT2D eigenvalue weighted by Crippen LogP contribution is -2.49. The molecule has 4 rings (SSSR count). The molecular formula is C20H21FN4O3S. The van der Waals surface area contributed by atoms with E-state index in [1.54, 1.807) is 18.2 Å². The molecule has 3 aromatic rings. The average Bonchev–Trinajstić information content (AvgIpc) is 2.73. The summed E-state index contributed by atoms with van der Waals surface area (Å²) in [6, 6.07) is 12.0. The highest BCUT2D eigenvalue weighted by atomic mass is 32.2. The Bertz CT molecular complexity index is 1200. The molecule has 1 aromatic heterocycles. The van der Waals surface area contributed by atoms with Crippen LogP contribution in [0.3, 0.4) is 0 Å². The van der Waals surface area contributed by atoms with Crippen LogP contribution in [0.4, 0.5) is 4.39 Å². The van der Waals surface area contributed by atoms with Crippen molar-refractivity contribution in [2.45, 2.75) is 17.9 Å². The minimum Gasteiger partial charge on any atom is -0.309 e. The summed E-state index contributed by atoms with van der Waals surface area (Å²) in [4.78, 5) is 21.8. The molecule has 1 aliphatic heterocycles. The predicted molar refractivity (Wildman–Crippen MR) is 108 cm³/mol. The second kappa shape index (κ2) is 7.66. The molecule has 0 radical (unpaired) electrons. The summed E-state index contributed by atoms with van der Waals surface area (Å²) in [5.74, 6) is -0.0280. The van der Waals surface area contributed by atoms with E-state index in [9.17, 15) is 17.6 Å². The maximum atomic E-state index is 13.4. The number of rotatable bonds is 4. The number of aromatic nitrogens is 2. The van der Waals surface area contributed by atoms with Gasteiger partial charge in [0.25, 0.3) is 5.56 Å². The molecule has 1 saturated heterocycles. The van der Waals surface area contributed by atoms with Gasteiger partial charge in [0.05, 0.1) is 21.8 Å². The number of H-pyrrole nitrogens is 1. The Labute approximate surface area is 167 Å². The van der Waals surface area contributed by atoms with E-state index in [1.807, 2.05) is 13.0 Å². The quantitative estimate of drug-likeness (QED) is 0.704. The Morgan fingerprint density at radius 1 is 1.07 bits per heavy atom. The first-order valence-electron chi connectivity index (χ1n) is 9.35. The SMILES string of the molecule is C[C@H](c1nc2ccccc2c(=O)[nH]1)N1CCN(S(=O)(=O)c2cccc(F)c2)CC1. The molecule has 7 nitrogen and oxygen atoms in total. The highest BCUT2D eigenvalue weighted by Crippen LogP contribution is 2.23. The molecule has 1 aliphatic rings. The third-order valence-electron chi connectivity index (χ3n) is 5.28. The van der Waals surface area contributed by atoms with Gasteiger partial charge in [0, 0.05) is 26.2 Å². The Kier molecular flexibility index (Phi) is 5.20. The third kappa shape index (κ3) is 3.81. The zero-order valence-corrected chi connectivity index (χ0v) is 16.7. The average molecular weight is 416 g/mol. The van der Waals surface area contributed by atoms with Gasteiger partial charge in [-0.3, -0.25) is 9.69 Å². The molecule has 0 aliphatic carbocycles. The summed E-state index contributed by atoms with van der Waals surface area (Å²) in [5.41, 5.74) is 0.440. The Morgan fingerprint density at radius 2 is 1.79 bits per heavy atom. The van der Waals surface area contributed by atoms with Gasteiger partial charge >= 0.3 is 0 Å². The van der Waals surface area contributed by atoms with Gasteiger partial charge in [-0.1, -0.05) is 18.2 Å². The van der Waals surface area contributed by atoms with E-state index in [0.717, 1.165) is 6.07 Å². The second-order valence-corrected chi connectivity index (χ2v) is 8.98. The molecule has 2 aromatic carbocycles. The maximum Gasteiger partial charge on any atom is 0.258 e. The van der Waals surface area contributed by atoms with Crippen molar-refractivity contribution in [2.24, 2.45) is 0 Å². The van der Waals surface area contributed by atoms with E-state index < -0.39 is 15.8 Å². The molecular weight excluding hydrogens is 395 g/mol. The van der Waals surface area contributed by atoms with Gasteiger partial charge in [-0.05, 0) is 37.3 Å². The number of aromatic amines is 1. The third-order valence-corrected chi connectivity index (χ3v) is 7.18. The zero-order chi connectivity index (χ0) is 20.6. The lowest BCUT2D eigenvalue weighted by molar-refractivity contribution is 0.141. The molecule has 0 bridgehead atoms. The van der Waals surface area contributed by atoms with Crippen molar-refractivity contribution in [1.82, 2.24) is 19.2 Å². The first-order valence-corrected chi connectivity index (χ1v) is 10.8. The number of sulfonamides is 1. The van der Waals surface area contributed by atoms with Crippen LogP contribution in [0, 0.1) is 5.82 Å². The van der Waals surface area contributed by atoms with Crippen LogP contribution in [-0.2, 0) is 10.0 Å². The summed E-state index contributed by atoms with van der Waals surface area (Å²) in [7, 11) is -3.74. The molecule has 0 amide bonds. The molecule has 9 heteroatoms. The number of benzene rings is 2. The van der Waals surface area contributed by atoms with Crippen LogP contribution in [0.15, 0.2) is 58.2 Å². The van der Waals surface area contributed by atoms with E-state index in [1.165, 1.54) is 22.5 Å². The van der Waals surface area contributed by atoms with Crippen molar-refractivity contribution in [3.63, 3.8) is 0 Å². The normalized spacial score (nSPS) is 17.4. The van der Waals surface area contributed by atoms with Crippen molar-refractivity contribution in [3.05, 3.63) is 70.5 Å². The van der Waals surface area contributed by atoms with Crippen molar-refractivity contribution in [2.75, 3.05) is 26.2 Å². The minimum atomic E-state index is -3.74. The Balaban J connectivity index is 1.50. The van der Waals surface area contributed by atoms with Gasteiger partial charge < -0.3 is 4.98 Å². The van der Waals surface area contributed by atoms with Crippen molar-refractivity contribution in [1.29, 1.82) is 0 Å². The molecule has 0 unspecified atom stereocenters. The van der Waals surface area contributed by atoms with Crippen LogP contribution in [0.2, 0.25) is 0 Å². The largest absolute Gasteiger partial charge is 0.309 e. The fraction of sp³-hybridized carbons (Fsp3) is 0.300. The first-order chi connectivity index (χ1) is 13.9. The lowest BCUT2D eigenvalue weighted by Gasteiger charge is -2.36. The fourth-order valence-electron chi connectivity index (χ4n) is 3.58. The number of hydrogen-bond acceptors (Lipinski definition) is 5. The Morgan fingerprint density at radius 3 is 2.52 bits per heavy atom. The molecule has 0 spiro atoms. The standard InChI is InChI=1S/C20H21FN4O3S/c1-14(19-22-18-8-3-2-7-17(18)20(26)23-19)24-9-11-25(12-10-24)29(27,28)16-6-4-5-15(21)13-16/h2-8,13-14H,9-12H2,1H3,(H,22,23,26)/t14-/m1/s1. The van der Waals surface area contributed by atoms with Crippen molar-refractivity contribution >= 4 is 20.9 Å². The number of fused-ring (bicyclic) bond motifs is 1. The van der Waals surface area contributed by atoms with Gasteiger partial charge in [-0.15, -0.1) is 0 Å². The Hall–Kier alpha value is -2.62. The number of nitrogens with zero attached hydrogens (tertiary/aromatic N) is 3. The molecule has 1 fully saturated rings. The van der Waals surface area contributed by atoms with E-state index in [-0.39, 0.29) is 29.6 Å². The number of para-hydroxylation sites is 1. The number of piperazine rings is 1. The van der Waals surface area contributed by atoms with Crippen LogP contribution in [0.25, 0.3) is 10.9 Å². The summed E-state index contributed by atoms with van der Waals surface area (Å²) in [5, 5.41) is 0.537. The fourth-order valence-corrected chi connectivity index (χ4v) is 5.04. The van der Waals surface area contributed by atoms with E-state index in [0.29, 0.717) is 29.8 Å². The molecule has 1 atom stereocenters. The van der Waals surface area contributed by atoms with Crippen LogP contribution in [0.5, 0.6) is 0 Å². The molecule has 2 heterocycles. The monoisotopic (exact) mass is 416 g/mol. The molecule has 152 valence electrons. The van der Waals surface area contributed by atoms with Crippen molar-refractivity contribution < 1.29 is 12.8 Å². The van der Waals surface area contributed by atoms with Gasteiger partial charge in [0.1, 0.15) is 11.6 Å². The summed E-state index contributed by atoms with van der Waals surface area (Å²) in [6.07, 6.45) is 0. The smallest absolute Gasteiger partial charge is 0.258 e. The topological polar surface area (TPSA) is 86.4 Å². The molecule has 0 saturated carbocycles. The summed E-state index contributed by atoms with van der Waals surface area (Å²) >= 11 is 0. The number of halogens is 1. The molecule has 29 heavy (non-hydrogen) atoms. The van der Waals surface area contributed by atoms with E-state index in [2.05, 4.69) is 14.9 Å². The van der Waals surface area contributed by atoms with Gasteiger partial charge in [0.15, 0.2) is 0 Å². The van der Waals surface area contributed by atoms with Crippen molar-refractivity contribution in [3.8, 4) is 0 Å². The molecule has 1 N–H and O–H groups in total. The number of hydrogen-bond donors (Lipinski definition) is 1. The lowest BCUT2D eigenvalue weighted by atomic mass is 10.2. The van der Waals surface area contributed by atoms with E-state index >= 15 is 0 Å². The second-order valence-electron chi connectivity index (χ2n) is 7.04. The summed E-state index contributed by atoms with van der Waals surface area (Å²) < 4.78 is 40.3.